The highest BCUT2D eigenvalue weighted by Gasteiger charge is 2.46. The number of aromatic hydroxyl groups is 1. The van der Waals surface area contributed by atoms with Crippen molar-refractivity contribution in [3.8, 4) is 5.75 Å². The summed E-state index contributed by atoms with van der Waals surface area (Å²) in [6, 6.07) is 14.0. The van der Waals surface area contributed by atoms with Gasteiger partial charge < -0.3 is 19.5 Å². The zero-order chi connectivity index (χ0) is 21.4. The first kappa shape index (κ1) is 20.0. The Balaban J connectivity index is 1.87. The first-order valence-corrected chi connectivity index (χ1v) is 10.0. The third-order valence-electron chi connectivity index (χ3n) is 5.09. The smallest absolute Gasteiger partial charge is 0.296 e. The van der Waals surface area contributed by atoms with E-state index in [1.165, 1.54) is 23.3 Å². The average Bonchev–Trinajstić information content (AvgIpc) is 3.33. The van der Waals surface area contributed by atoms with Crippen molar-refractivity contribution in [3.63, 3.8) is 0 Å². The van der Waals surface area contributed by atoms with Crippen LogP contribution in [0.4, 0.5) is 0 Å². The predicted molar refractivity (Wildman–Crippen MR) is 114 cm³/mol. The molecule has 1 aliphatic heterocycles. The first-order chi connectivity index (χ1) is 14.4. The van der Waals surface area contributed by atoms with Gasteiger partial charge in [0.15, 0.2) is 0 Å². The molecule has 1 unspecified atom stereocenters. The maximum Gasteiger partial charge on any atom is 0.296 e. The number of benzene rings is 2. The van der Waals surface area contributed by atoms with Gasteiger partial charge in [-0.05, 0) is 54.4 Å². The molecule has 1 atom stereocenters. The molecule has 0 bridgehead atoms. The molecule has 152 valence electrons. The van der Waals surface area contributed by atoms with Gasteiger partial charge >= 0.3 is 0 Å². The molecule has 2 N–H and O–H groups in total. The number of Topliss-reactive ketones (excluding diaryl/α,β-unsaturated/α-hetero) is 1. The number of carbonyl (C=O) groups is 2. The molecular formula is C23H18BrNO5. The Bertz CT molecular complexity index is 1150. The fraction of sp³-hybridized carbons (Fsp3) is 0.130. The quantitative estimate of drug-likeness (QED) is 0.330. The van der Waals surface area contributed by atoms with E-state index in [-0.39, 0.29) is 23.6 Å². The van der Waals surface area contributed by atoms with E-state index in [0.717, 1.165) is 10.0 Å². The topological polar surface area (TPSA) is 91.0 Å². The number of furan rings is 1. The Morgan fingerprint density at radius 2 is 1.87 bits per heavy atom. The number of nitrogens with zero attached hydrogens (tertiary/aromatic N) is 1. The summed E-state index contributed by atoms with van der Waals surface area (Å²) < 4.78 is 6.23. The van der Waals surface area contributed by atoms with Crippen LogP contribution in [-0.4, -0.2) is 26.8 Å². The van der Waals surface area contributed by atoms with Crippen LogP contribution in [0.2, 0.25) is 0 Å². The molecule has 30 heavy (non-hydrogen) atoms. The lowest BCUT2D eigenvalue weighted by Crippen LogP contribution is -2.29. The molecule has 0 aliphatic carbocycles. The maximum atomic E-state index is 13.0. The summed E-state index contributed by atoms with van der Waals surface area (Å²) >= 11 is 3.42. The summed E-state index contributed by atoms with van der Waals surface area (Å²) in [4.78, 5) is 27.2. The number of phenols is 1. The minimum atomic E-state index is -0.820. The van der Waals surface area contributed by atoms with Crippen molar-refractivity contribution in [1.29, 1.82) is 0 Å². The van der Waals surface area contributed by atoms with E-state index in [0.29, 0.717) is 16.9 Å². The summed E-state index contributed by atoms with van der Waals surface area (Å²) in [6.45, 7) is 1.94. The van der Waals surface area contributed by atoms with Crippen LogP contribution in [0.25, 0.3) is 5.76 Å². The minimum Gasteiger partial charge on any atom is -0.508 e. The zero-order valence-corrected chi connectivity index (χ0v) is 17.6. The number of aryl methyl sites for hydroxylation is 1. The number of ketones is 1. The highest BCUT2D eigenvalue weighted by atomic mass is 79.9. The van der Waals surface area contributed by atoms with Crippen LogP contribution in [0.1, 0.15) is 28.5 Å². The monoisotopic (exact) mass is 467 g/mol. The number of aliphatic hydroxyl groups is 1. The van der Waals surface area contributed by atoms with E-state index < -0.39 is 17.7 Å². The number of rotatable bonds is 4. The predicted octanol–water partition coefficient (Wildman–Crippen LogP) is 4.68. The van der Waals surface area contributed by atoms with Gasteiger partial charge in [-0.1, -0.05) is 34.1 Å². The molecule has 0 spiro atoms. The van der Waals surface area contributed by atoms with Gasteiger partial charge in [0.05, 0.1) is 24.4 Å². The van der Waals surface area contributed by atoms with Gasteiger partial charge in [0, 0.05) is 10.0 Å². The summed E-state index contributed by atoms with van der Waals surface area (Å²) in [6.07, 6.45) is 1.49. The largest absolute Gasteiger partial charge is 0.508 e. The van der Waals surface area contributed by atoms with Gasteiger partial charge in [-0.15, -0.1) is 0 Å². The summed E-state index contributed by atoms with van der Waals surface area (Å²) in [5.41, 5.74) is 1.91. The molecule has 3 aromatic rings. The van der Waals surface area contributed by atoms with Gasteiger partial charge in [0.2, 0.25) is 0 Å². The van der Waals surface area contributed by atoms with Crippen molar-refractivity contribution in [2.45, 2.75) is 19.5 Å². The molecule has 2 heterocycles. The van der Waals surface area contributed by atoms with Crippen LogP contribution in [-0.2, 0) is 16.1 Å². The van der Waals surface area contributed by atoms with Crippen molar-refractivity contribution in [3.05, 3.63) is 93.4 Å². The molecule has 4 rings (SSSR count). The third kappa shape index (κ3) is 3.52. The molecular weight excluding hydrogens is 450 g/mol. The van der Waals surface area contributed by atoms with Gasteiger partial charge in [0.1, 0.15) is 17.3 Å². The van der Waals surface area contributed by atoms with Crippen LogP contribution < -0.4 is 0 Å². The second-order valence-electron chi connectivity index (χ2n) is 7.06. The molecule has 6 nitrogen and oxygen atoms in total. The Labute approximate surface area is 181 Å². The number of likely N-dealkylation sites (tertiary alicyclic amines) is 1. The molecule has 1 fully saturated rings. The zero-order valence-electron chi connectivity index (χ0n) is 16.0. The number of halogens is 1. The number of phenolic OH excluding ortho intramolecular Hbond substituents is 1. The van der Waals surface area contributed by atoms with Crippen molar-refractivity contribution >= 4 is 33.4 Å². The van der Waals surface area contributed by atoms with E-state index in [2.05, 4.69) is 15.9 Å². The lowest BCUT2D eigenvalue weighted by Gasteiger charge is -2.24. The van der Waals surface area contributed by atoms with Crippen LogP contribution in [0.3, 0.4) is 0 Å². The van der Waals surface area contributed by atoms with Crippen molar-refractivity contribution in [1.82, 2.24) is 4.90 Å². The van der Waals surface area contributed by atoms with Crippen molar-refractivity contribution in [2.24, 2.45) is 0 Å². The summed E-state index contributed by atoms with van der Waals surface area (Å²) in [5.74, 6) is -1.16. The van der Waals surface area contributed by atoms with Gasteiger partial charge in [-0.25, -0.2) is 0 Å². The number of aliphatic hydroxyl groups excluding tert-OH is 1. The number of hydrogen-bond donors (Lipinski definition) is 2. The molecule has 0 saturated carbocycles. The van der Waals surface area contributed by atoms with Gasteiger partial charge in [-0.2, -0.15) is 0 Å². The van der Waals surface area contributed by atoms with E-state index in [1.54, 1.807) is 42.5 Å². The fourth-order valence-corrected chi connectivity index (χ4v) is 3.81. The molecule has 1 aromatic heterocycles. The van der Waals surface area contributed by atoms with Crippen molar-refractivity contribution in [2.75, 3.05) is 0 Å². The summed E-state index contributed by atoms with van der Waals surface area (Å²) in [5, 5.41) is 20.7. The highest BCUT2D eigenvalue weighted by molar-refractivity contribution is 9.10. The van der Waals surface area contributed by atoms with Crippen LogP contribution in [0, 0.1) is 6.92 Å². The standard InChI is InChI=1S/C23H18BrNO5/c1-13-11-15(6-9-18(13)24)21(27)19-20(14-4-7-16(26)8-5-14)25(23(29)22(19)28)12-17-3-2-10-30-17/h2-11,20,26-27H,12H2,1H3/b21-19-. The minimum absolute atomic E-state index is 0.000955. The maximum absolute atomic E-state index is 13.0. The van der Waals surface area contributed by atoms with E-state index in [4.69, 9.17) is 4.42 Å². The highest BCUT2D eigenvalue weighted by Crippen LogP contribution is 2.41. The average molecular weight is 468 g/mol. The fourth-order valence-electron chi connectivity index (χ4n) is 3.56. The number of amides is 1. The molecule has 1 amide bonds. The Kier molecular flexibility index (Phi) is 5.22. The molecule has 7 heteroatoms. The molecule has 2 aromatic carbocycles. The lowest BCUT2D eigenvalue weighted by atomic mass is 9.95. The van der Waals surface area contributed by atoms with Gasteiger partial charge in [-0.3, -0.25) is 9.59 Å². The molecule has 0 radical (unpaired) electrons. The van der Waals surface area contributed by atoms with E-state index in [9.17, 15) is 19.8 Å². The van der Waals surface area contributed by atoms with Crippen LogP contribution >= 0.6 is 15.9 Å². The van der Waals surface area contributed by atoms with Crippen LogP contribution in [0.5, 0.6) is 5.75 Å². The lowest BCUT2D eigenvalue weighted by molar-refractivity contribution is -0.140. The normalized spacial score (nSPS) is 18.2. The molecule has 1 saturated heterocycles. The van der Waals surface area contributed by atoms with Crippen molar-refractivity contribution < 1.29 is 24.2 Å². The number of carbonyl (C=O) groups excluding carboxylic acids is 2. The SMILES string of the molecule is Cc1cc(/C(O)=C2/C(=O)C(=O)N(Cc3ccco3)C2c2ccc(O)cc2)ccc1Br. The second kappa shape index (κ2) is 7.84. The van der Waals surface area contributed by atoms with E-state index in [1.807, 2.05) is 6.92 Å². The number of hydrogen-bond acceptors (Lipinski definition) is 5. The second-order valence-corrected chi connectivity index (χ2v) is 7.92. The summed E-state index contributed by atoms with van der Waals surface area (Å²) in [7, 11) is 0. The molecule has 1 aliphatic rings. The Morgan fingerprint density at radius 1 is 1.13 bits per heavy atom. The third-order valence-corrected chi connectivity index (χ3v) is 5.98. The van der Waals surface area contributed by atoms with Crippen LogP contribution in [0.15, 0.2) is 75.3 Å². The first-order valence-electron chi connectivity index (χ1n) is 9.23. The van der Waals surface area contributed by atoms with Gasteiger partial charge in [0.25, 0.3) is 11.7 Å². The Hall–Kier alpha value is -3.32. The van der Waals surface area contributed by atoms with E-state index >= 15 is 0 Å². The Morgan fingerprint density at radius 3 is 2.50 bits per heavy atom.